The number of Topliss-reactive ketones (excluding diaryl/α,β-unsaturated/α-hetero) is 1. The molecule has 6 aromatic rings. The highest BCUT2D eigenvalue weighted by atomic mass is 32.1. The fraction of sp³-hybridized carbons (Fsp3) is 0.233. The third-order valence-corrected chi connectivity index (χ3v) is 7.91. The number of hydrogen-bond donors (Lipinski definition) is 4. The molecule has 0 saturated carbocycles. The standard InChI is InChI=1S/C30H28FN7O2S/c1-15(39)21-7-8-22(41-21)19-9-10-33-28-26(19)35-29(36-28)27-24-20(37-38-27)6-5-18(25(24)31)16-11-17(14-32-13-16)34-23(40)12-30(2,3)4/h5-11,13-14,23,34,40H,12H2,1-4H3,(H,37,38)(H,33,35,36). The Morgan fingerprint density at radius 2 is 1.98 bits per heavy atom. The number of ketones is 1. The molecule has 0 saturated heterocycles. The molecule has 0 fully saturated rings. The molecule has 11 heteroatoms. The quantitative estimate of drug-likeness (QED) is 0.123. The van der Waals surface area contributed by atoms with Gasteiger partial charge in [-0.25, -0.2) is 14.4 Å². The van der Waals surface area contributed by atoms with Crippen LogP contribution in [0.4, 0.5) is 10.1 Å². The number of nitrogens with one attached hydrogen (secondary N) is 3. The summed E-state index contributed by atoms with van der Waals surface area (Å²) in [5.74, 6) is -0.105. The maximum atomic E-state index is 16.2. The Morgan fingerprint density at radius 1 is 1.15 bits per heavy atom. The first-order valence-corrected chi connectivity index (χ1v) is 13.9. The van der Waals surface area contributed by atoms with Gasteiger partial charge >= 0.3 is 0 Å². The minimum absolute atomic E-state index is 0.00345. The van der Waals surface area contributed by atoms with Crippen LogP contribution < -0.4 is 5.32 Å². The Hall–Kier alpha value is -4.48. The number of hydrogen-bond acceptors (Lipinski definition) is 8. The number of aliphatic hydroxyl groups excluding tert-OH is 1. The topological polar surface area (TPSA) is 132 Å². The average Bonchev–Trinajstić information content (AvgIpc) is 3.65. The number of aromatic nitrogens is 6. The Bertz CT molecular complexity index is 1920. The second-order valence-corrected chi connectivity index (χ2v) is 12.3. The van der Waals surface area contributed by atoms with Crippen molar-refractivity contribution in [3.05, 3.63) is 65.7 Å². The molecule has 0 spiro atoms. The molecule has 0 bridgehead atoms. The van der Waals surface area contributed by atoms with Crippen LogP contribution in [-0.2, 0) is 0 Å². The number of pyridine rings is 2. The summed E-state index contributed by atoms with van der Waals surface area (Å²) in [6.07, 6.45) is 4.60. The number of aliphatic hydroxyl groups is 1. The van der Waals surface area contributed by atoms with Gasteiger partial charge in [0.05, 0.1) is 33.2 Å². The zero-order chi connectivity index (χ0) is 28.9. The molecule has 208 valence electrons. The molecule has 41 heavy (non-hydrogen) atoms. The molecule has 1 unspecified atom stereocenters. The summed E-state index contributed by atoms with van der Waals surface area (Å²) in [5, 5.41) is 21.1. The van der Waals surface area contributed by atoms with Crippen LogP contribution in [0.25, 0.3) is 55.2 Å². The molecule has 5 heterocycles. The molecule has 0 aliphatic heterocycles. The van der Waals surface area contributed by atoms with Crippen LogP contribution in [0.3, 0.4) is 0 Å². The van der Waals surface area contributed by atoms with Crippen LogP contribution in [0, 0.1) is 11.2 Å². The molecule has 9 nitrogen and oxygen atoms in total. The molecule has 0 aliphatic carbocycles. The fourth-order valence-electron chi connectivity index (χ4n) is 4.86. The summed E-state index contributed by atoms with van der Waals surface area (Å²) in [6.45, 7) is 7.68. The maximum absolute atomic E-state index is 16.2. The molecule has 0 radical (unpaired) electrons. The lowest BCUT2D eigenvalue weighted by Gasteiger charge is -2.23. The van der Waals surface area contributed by atoms with Gasteiger partial charge in [-0.2, -0.15) is 5.10 Å². The largest absolute Gasteiger partial charge is 0.374 e. The van der Waals surface area contributed by atoms with Crippen LogP contribution >= 0.6 is 11.3 Å². The lowest BCUT2D eigenvalue weighted by Crippen LogP contribution is -2.25. The molecular weight excluding hydrogens is 541 g/mol. The smallest absolute Gasteiger partial charge is 0.178 e. The van der Waals surface area contributed by atoms with Gasteiger partial charge in [0, 0.05) is 34.0 Å². The van der Waals surface area contributed by atoms with Crippen LogP contribution in [0.15, 0.2) is 55.0 Å². The number of carbonyl (C=O) groups is 1. The van der Waals surface area contributed by atoms with Crippen LogP contribution in [0.1, 0.15) is 43.8 Å². The van der Waals surface area contributed by atoms with Crippen molar-refractivity contribution in [1.29, 1.82) is 0 Å². The third-order valence-electron chi connectivity index (χ3n) is 6.69. The van der Waals surface area contributed by atoms with E-state index in [2.05, 4.69) is 35.5 Å². The van der Waals surface area contributed by atoms with Crippen molar-refractivity contribution in [2.24, 2.45) is 5.41 Å². The summed E-state index contributed by atoms with van der Waals surface area (Å²) in [6, 6.07) is 10.7. The molecule has 6 rings (SSSR count). The predicted octanol–water partition coefficient (Wildman–Crippen LogP) is 6.80. The van der Waals surface area contributed by atoms with E-state index in [9.17, 15) is 9.90 Å². The van der Waals surface area contributed by atoms with Crippen molar-refractivity contribution in [2.75, 3.05) is 5.32 Å². The van der Waals surface area contributed by atoms with Gasteiger partial charge in [0.2, 0.25) is 0 Å². The molecule has 0 amide bonds. The molecule has 5 aromatic heterocycles. The summed E-state index contributed by atoms with van der Waals surface area (Å²) >= 11 is 1.39. The number of carbonyl (C=O) groups excluding carboxylic acids is 1. The van der Waals surface area contributed by atoms with Gasteiger partial charge in [0.25, 0.3) is 0 Å². The monoisotopic (exact) mass is 569 g/mol. The van der Waals surface area contributed by atoms with Gasteiger partial charge in [-0.3, -0.25) is 14.9 Å². The lowest BCUT2D eigenvalue weighted by atomic mass is 9.91. The van der Waals surface area contributed by atoms with Crippen molar-refractivity contribution >= 4 is 44.9 Å². The second-order valence-electron chi connectivity index (χ2n) is 11.2. The number of halogens is 1. The normalized spacial score (nSPS) is 12.7. The van der Waals surface area contributed by atoms with E-state index in [1.54, 1.807) is 42.9 Å². The van der Waals surface area contributed by atoms with Crippen LogP contribution in [-0.4, -0.2) is 47.3 Å². The fourth-order valence-corrected chi connectivity index (χ4v) is 5.79. The van der Waals surface area contributed by atoms with Gasteiger partial charge in [0.15, 0.2) is 17.3 Å². The summed E-state index contributed by atoms with van der Waals surface area (Å²) in [5.41, 5.74) is 4.22. The number of nitrogens with zero attached hydrogens (tertiary/aromatic N) is 4. The molecule has 1 atom stereocenters. The third kappa shape index (κ3) is 5.21. The summed E-state index contributed by atoms with van der Waals surface area (Å²) in [7, 11) is 0. The molecule has 0 aliphatic rings. The maximum Gasteiger partial charge on any atom is 0.178 e. The first kappa shape index (κ1) is 26.7. The number of benzene rings is 1. The van der Waals surface area contributed by atoms with Crippen molar-refractivity contribution < 1.29 is 14.3 Å². The van der Waals surface area contributed by atoms with E-state index in [0.717, 1.165) is 10.4 Å². The highest BCUT2D eigenvalue weighted by Crippen LogP contribution is 2.37. The first-order valence-electron chi connectivity index (χ1n) is 13.1. The van der Waals surface area contributed by atoms with Crippen molar-refractivity contribution in [2.45, 2.75) is 40.3 Å². The number of anilines is 1. The Balaban J connectivity index is 1.39. The van der Waals surface area contributed by atoms with E-state index in [4.69, 9.17) is 0 Å². The highest BCUT2D eigenvalue weighted by molar-refractivity contribution is 7.17. The summed E-state index contributed by atoms with van der Waals surface area (Å²) in [4.78, 5) is 29.9. The van der Waals surface area contributed by atoms with Gasteiger partial charge in [-0.15, -0.1) is 11.3 Å². The Morgan fingerprint density at radius 3 is 2.73 bits per heavy atom. The first-order chi connectivity index (χ1) is 19.6. The molecular formula is C30H28FN7O2S. The van der Waals surface area contributed by atoms with E-state index in [1.165, 1.54) is 18.3 Å². The van der Waals surface area contributed by atoms with Gasteiger partial charge in [-0.1, -0.05) is 20.8 Å². The zero-order valence-electron chi connectivity index (χ0n) is 22.9. The lowest BCUT2D eigenvalue weighted by molar-refractivity contribution is 0.102. The van der Waals surface area contributed by atoms with Crippen LogP contribution in [0.5, 0.6) is 0 Å². The van der Waals surface area contributed by atoms with E-state index in [0.29, 0.717) is 56.3 Å². The SMILES string of the molecule is CC(=O)c1ccc(-c2ccnc3nc(-c4n[nH]c5ccc(-c6cncc(NC(O)CC(C)(C)C)c6)c(F)c45)[nH]c23)s1. The van der Waals surface area contributed by atoms with E-state index < -0.39 is 12.0 Å². The van der Waals surface area contributed by atoms with E-state index in [1.807, 2.05) is 32.9 Å². The van der Waals surface area contributed by atoms with E-state index >= 15 is 4.39 Å². The van der Waals surface area contributed by atoms with Gasteiger partial charge < -0.3 is 15.4 Å². The number of fused-ring (bicyclic) bond motifs is 2. The number of rotatable bonds is 7. The minimum atomic E-state index is -0.769. The second kappa shape index (κ2) is 10.2. The predicted molar refractivity (Wildman–Crippen MR) is 159 cm³/mol. The van der Waals surface area contributed by atoms with Crippen molar-refractivity contribution in [1.82, 2.24) is 30.1 Å². The van der Waals surface area contributed by atoms with Crippen molar-refractivity contribution in [3.8, 4) is 33.1 Å². The zero-order valence-corrected chi connectivity index (χ0v) is 23.7. The Labute approximate surface area is 238 Å². The van der Waals surface area contributed by atoms with Gasteiger partial charge in [-0.05, 0) is 55.2 Å². The number of aromatic amines is 2. The average molecular weight is 570 g/mol. The Kier molecular flexibility index (Phi) is 6.63. The highest BCUT2D eigenvalue weighted by Gasteiger charge is 2.22. The number of thiophene rings is 1. The molecule has 4 N–H and O–H groups in total. The molecule has 1 aromatic carbocycles. The summed E-state index contributed by atoms with van der Waals surface area (Å²) < 4.78 is 16.2. The van der Waals surface area contributed by atoms with Crippen molar-refractivity contribution in [3.63, 3.8) is 0 Å². The van der Waals surface area contributed by atoms with E-state index in [-0.39, 0.29) is 16.6 Å². The minimum Gasteiger partial charge on any atom is -0.374 e. The van der Waals surface area contributed by atoms with Gasteiger partial charge in [0.1, 0.15) is 17.7 Å². The van der Waals surface area contributed by atoms with Crippen LogP contribution in [0.2, 0.25) is 0 Å². The number of imidazole rings is 1. The number of H-pyrrole nitrogens is 2.